The predicted octanol–water partition coefficient (Wildman–Crippen LogP) is -0.402. The van der Waals surface area contributed by atoms with Crippen molar-refractivity contribution >= 4 is 5.97 Å². The molecule has 1 N–H and O–H groups in total. The summed E-state index contributed by atoms with van der Waals surface area (Å²) in [5, 5.41) is 12.7. The molecule has 0 unspecified atom stereocenters. The van der Waals surface area contributed by atoms with Gasteiger partial charge in [-0.25, -0.2) is 4.79 Å². The van der Waals surface area contributed by atoms with Crippen molar-refractivity contribution in [3.8, 4) is 0 Å². The number of ether oxygens (including phenoxy) is 2. The van der Waals surface area contributed by atoms with Gasteiger partial charge in [-0.15, -0.1) is 0 Å². The molecule has 0 aliphatic carbocycles. The number of nitrogens with zero attached hydrogens (tertiary/aromatic N) is 3. The molecule has 1 saturated heterocycles. The number of aliphatic hydroxyl groups is 1. The molecule has 1 heterocycles. The first-order chi connectivity index (χ1) is 6.20. The highest BCUT2D eigenvalue weighted by Gasteiger charge is 2.40. The fourth-order valence-electron chi connectivity index (χ4n) is 1.09. The minimum Gasteiger partial charge on any atom is -0.467 e. The molecule has 0 amide bonds. The van der Waals surface area contributed by atoms with Crippen molar-refractivity contribution in [2.24, 2.45) is 5.11 Å². The van der Waals surface area contributed by atoms with E-state index in [-0.39, 0.29) is 6.61 Å². The van der Waals surface area contributed by atoms with Crippen LogP contribution in [-0.2, 0) is 14.3 Å². The number of azide groups is 1. The Bertz CT molecular complexity index is 250. The highest BCUT2D eigenvalue weighted by molar-refractivity contribution is 5.75. The molecule has 0 saturated carbocycles. The van der Waals surface area contributed by atoms with Crippen LogP contribution in [0.3, 0.4) is 0 Å². The standard InChI is InChI=1S/C6H9N3O4/c1-12-6(11)5-4(10)3(2-13-5)8-9-7/h3-5,10H,2H2,1H3/t3-,4+,5-/m0/s1. The molecule has 7 heteroatoms. The Labute approximate surface area is 73.9 Å². The van der Waals surface area contributed by atoms with E-state index in [2.05, 4.69) is 14.8 Å². The highest BCUT2D eigenvalue weighted by Crippen LogP contribution is 2.18. The molecular formula is C6H9N3O4. The molecule has 1 fully saturated rings. The van der Waals surface area contributed by atoms with Gasteiger partial charge in [-0.1, -0.05) is 5.11 Å². The number of methoxy groups -OCH3 is 1. The summed E-state index contributed by atoms with van der Waals surface area (Å²) in [6.07, 6.45) is -2.16. The minimum atomic E-state index is -1.12. The molecule has 3 atom stereocenters. The fourth-order valence-corrected chi connectivity index (χ4v) is 1.09. The monoisotopic (exact) mass is 187 g/mol. The van der Waals surface area contributed by atoms with E-state index in [1.807, 2.05) is 0 Å². The van der Waals surface area contributed by atoms with Gasteiger partial charge < -0.3 is 14.6 Å². The van der Waals surface area contributed by atoms with Crippen molar-refractivity contribution in [3.63, 3.8) is 0 Å². The first kappa shape index (κ1) is 9.79. The van der Waals surface area contributed by atoms with Gasteiger partial charge in [-0.2, -0.15) is 0 Å². The number of esters is 1. The van der Waals surface area contributed by atoms with Crippen LogP contribution >= 0.6 is 0 Å². The largest absolute Gasteiger partial charge is 0.467 e. The molecule has 0 bridgehead atoms. The number of aliphatic hydroxyl groups excluding tert-OH is 1. The fraction of sp³-hybridized carbons (Fsp3) is 0.833. The van der Waals surface area contributed by atoms with Gasteiger partial charge in [-0.3, -0.25) is 0 Å². The van der Waals surface area contributed by atoms with Crippen LogP contribution in [0.25, 0.3) is 10.4 Å². The molecule has 13 heavy (non-hydrogen) atoms. The van der Waals surface area contributed by atoms with Crippen molar-refractivity contribution < 1.29 is 19.4 Å². The van der Waals surface area contributed by atoms with Crippen LogP contribution in [0.15, 0.2) is 5.11 Å². The van der Waals surface area contributed by atoms with Crippen molar-refractivity contribution in [1.82, 2.24) is 0 Å². The Morgan fingerprint density at radius 2 is 2.54 bits per heavy atom. The predicted molar refractivity (Wildman–Crippen MR) is 40.7 cm³/mol. The van der Waals surface area contributed by atoms with Crippen molar-refractivity contribution in [2.45, 2.75) is 18.2 Å². The summed E-state index contributed by atoms with van der Waals surface area (Å²) in [6.45, 7) is 0.0327. The molecule has 0 aromatic carbocycles. The topological polar surface area (TPSA) is 105 Å². The maximum Gasteiger partial charge on any atom is 0.337 e. The lowest BCUT2D eigenvalue weighted by Crippen LogP contribution is -2.35. The SMILES string of the molecule is COC(=O)[C@H]1OC[C@H](N=[N+]=[N-])[C@H]1O. The molecule has 1 aliphatic rings. The van der Waals surface area contributed by atoms with Gasteiger partial charge in [0.05, 0.1) is 19.8 Å². The van der Waals surface area contributed by atoms with E-state index in [4.69, 9.17) is 10.3 Å². The third-order valence-electron chi connectivity index (χ3n) is 1.78. The molecule has 0 spiro atoms. The first-order valence-corrected chi connectivity index (χ1v) is 3.62. The minimum absolute atomic E-state index is 0.0327. The maximum absolute atomic E-state index is 10.9. The molecule has 1 aliphatic heterocycles. The van der Waals surface area contributed by atoms with Crippen molar-refractivity contribution in [3.05, 3.63) is 10.4 Å². The van der Waals surface area contributed by atoms with Crippen LogP contribution in [-0.4, -0.2) is 43.0 Å². The van der Waals surface area contributed by atoms with Gasteiger partial charge in [-0.05, 0) is 5.53 Å². The van der Waals surface area contributed by atoms with E-state index >= 15 is 0 Å². The Hall–Kier alpha value is -1.30. The smallest absolute Gasteiger partial charge is 0.337 e. The van der Waals surface area contributed by atoms with Gasteiger partial charge in [0.15, 0.2) is 6.10 Å². The highest BCUT2D eigenvalue weighted by atomic mass is 16.6. The molecule has 0 radical (unpaired) electrons. The van der Waals surface area contributed by atoms with Crippen LogP contribution in [0, 0.1) is 0 Å². The van der Waals surface area contributed by atoms with E-state index in [9.17, 15) is 9.90 Å². The van der Waals surface area contributed by atoms with Crippen LogP contribution < -0.4 is 0 Å². The van der Waals surface area contributed by atoms with Crippen LogP contribution in [0.2, 0.25) is 0 Å². The second-order valence-electron chi connectivity index (χ2n) is 2.54. The summed E-state index contributed by atoms with van der Waals surface area (Å²) in [5.41, 5.74) is 8.10. The Kier molecular flexibility index (Phi) is 3.07. The van der Waals surface area contributed by atoms with Gasteiger partial charge in [0.25, 0.3) is 0 Å². The number of hydrogen-bond acceptors (Lipinski definition) is 5. The first-order valence-electron chi connectivity index (χ1n) is 3.62. The van der Waals surface area contributed by atoms with Crippen LogP contribution in [0.1, 0.15) is 0 Å². The van der Waals surface area contributed by atoms with E-state index in [0.29, 0.717) is 0 Å². The lowest BCUT2D eigenvalue weighted by molar-refractivity contribution is -0.155. The summed E-state index contributed by atoms with van der Waals surface area (Å²) in [5.74, 6) is -0.664. The normalized spacial score (nSPS) is 32.3. The zero-order valence-electron chi connectivity index (χ0n) is 6.95. The number of carbonyl (C=O) groups is 1. The Morgan fingerprint density at radius 1 is 1.85 bits per heavy atom. The quantitative estimate of drug-likeness (QED) is 0.275. The second kappa shape index (κ2) is 4.08. The second-order valence-corrected chi connectivity index (χ2v) is 2.54. The zero-order chi connectivity index (χ0) is 9.84. The van der Waals surface area contributed by atoms with E-state index in [1.165, 1.54) is 7.11 Å². The Balaban J connectivity index is 2.64. The molecule has 1 rings (SSSR count). The molecular weight excluding hydrogens is 178 g/mol. The Morgan fingerprint density at radius 3 is 3.08 bits per heavy atom. The third kappa shape index (κ3) is 1.89. The van der Waals surface area contributed by atoms with E-state index in [1.54, 1.807) is 0 Å². The average Bonchev–Trinajstić information content (AvgIpc) is 2.48. The summed E-state index contributed by atoms with van der Waals surface area (Å²) in [7, 11) is 1.19. The molecule has 7 nitrogen and oxygen atoms in total. The van der Waals surface area contributed by atoms with Crippen LogP contribution in [0.4, 0.5) is 0 Å². The van der Waals surface area contributed by atoms with E-state index in [0.717, 1.165) is 0 Å². The average molecular weight is 187 g/mol. The summed E-state index contributed by atoms with van der Waals surface area (Å²) < 4.78 is 9.27. The van der Waals surface area contributed by atoms with Crippen LogP contribution in [0.5, 0.6) is 0 Å². The van der Waals surface area contributed by atoms with Gasteiger partial charge in [0.1, 0.15) is 6.10 Å². The number of hydrogen-bond donors (Lipinski definition) is 1. The zero-order valence-corrected chi connectivity index (χ0v) is 6.95. The number of carbonyl (C=O) groups excluding carboxylic acids is 1. The maximum atomic E-state index is 10.9. The third-order valence-corrected chi connectivity index (χ3v) is 1.78. The molecule has 0 aromatic heterocycles. The molecule has 0 aromatic rings. The van der Waals surface area contributed by atoms with Gasteiger partial charge >= 0.3 is 5.97 Å². The van der Waals surface area contributed by atoms with E-state index < -0.39 is 24.2 Å². The lowest BCUT2D eigenvalue weighted by atomic mass is 10.1. The van der Waals surface area contributed by atoms with Crippen molar-refractivity contribution in [1.29, 1.82) is 0 Å². The van der Waals surface area contributed by atoms with Crippen molar-refractivity contribution in [2.75, 3.05) is 13.7 Å². The molecule has 72 valence electrons. The summed E-state index contributed by atoms with van der Waals surface area (Å²) in [4.78, 5) is 13.5. The van der Waals surface area contributed by atoms with Gasteiger partial charge in [0.2, 0.25) is 0 Å². The lowest BCUT2D eigenvalue weighted by Gasteiger charge is -2.11. The summed E-state index contributed by atoms with van der Waals surface area (Å²) >= 11 is 0. The van der Waals surface area contributed by atoms with Gasteiger partial charge in [0, 0.05) is 4.91 Å². The summed E-state index contributed by atoms with van der Waals surface area (Å²) in [6, 6.07) is -0.714. The number of rotatable bonds is 2.